The van der Waals surface area contributed by atoms with E-state index in [2.05, 4.69) is 5.32 Å². The Labute approximate surface area is 197 Å². The third-order valence-electron chi connectivity index (χ3n) is 4.73. The Balaban J connectivity index is 1.81. The first-order chi connectivity index (χ1) is 15.5. The van der Waals surface area contributed by atoms with Crippen LogP contribution >= 0.6 is 11.6 Å². The molecule has 174 valence electrons. The van der Waals surface area contributed by atoms with Gasteiger partial charge in [0.1, 0.15) is 23.4 Å². The van der Waals surface area contributed by atoms with Crippen LogP contribution < -0.4 is 20.1 Å². The van der Waals surface area contributed by atoms with Crippen LogP contribution in [0.3, 0.4) is 0 Å². The van der Waals surface area contributed by atoms with Gasteiger partial charge in [0.15, 0.2) is 0 Å². The summed E-state index contributed by atoms with van der Waals surface area (Å²) < 4.78 is 45.2. The quantitative estimate of drug-likeness (QED) is 0.464. The lowest BCUT2D eigenvalue weighted by Gasteiger charge is -2.27. The molecule has 0 aromatic heterocycles. The second-order valence-corrected chi connectivity index (χ2v) is 9.75. The van der Waals surface area contributed by atoms with Crippen molar-refractivity contribution in [3.8, 4) is 11.5 Å². The largest absolute Gasteiger partial charge is 0.457 e. The monoisotopic (exact) mass is 491 g/mol. The van der Waals surface area contributed by atoms with Crippen molar-refractivity contribution < 1.29 is 22.3 Å². The van der Waals surface area contributed by atoms with Crippen LogP contribution in [0.15, 0.2) is 66.7 Å². The minimum Gasteiger partial charge on any atom is -0.457 e. The molecule has 7 nitrogen and oxygen atoms in total. The van der Waals surface area contributed by atoms with E-state index in [0.717, 1.165) is 22.2 Å². The first kappa shape index (κ1) is 24.3. The highest BCUT2D eigenvalue weighted by molar-refractivity contribution is 7.92. The number of rotatable bonds is 9. The van der Waals surface area contributed by atoms with Crippen LogP contribution in [-0.2, 0) is 14.8 Å². The van der Waals surface area contributed by atoms with Crippen LogP contribution in [0.4, 0.5) is 15.8 Å². The second-order valence-electron chi connectivity index (χ2n) is 7.43. The Morgan fingerprint density at radius 1 is 1.09 bits per heavy atom. The minimum absolute atomic E-state index is 0.146. The first-order valence-corrected chi connectivity index (χ1v) is 12.1. The van der Waals surface area contributed by atoms with E-state index in [1.165, 1.54) is 12.1 Å². The summed E-state index contributed by atoms with van der Waals surface area (Å²) in [6.07, 6.45) is 1.02. The molecule has 0 aliphatic rings. The van der Waals surface area contributed by atoms with Gasteiger partial charge in [-0.05, 0) is 61.5 Å². The van der Waals surface area contributed by atoms with Crippen LogP contribution in [0.5, 0.6) is 11.5 Å². The van der Waals surface area contributed by atoms with Gasteiger partial charge in [-0.2, -0.15) is 0 Å². The highest BCUT2D eigenvalue weighted by atomic mass is 35.5. The number of carbonyl (C=O) groups excluding carboxylic acids is 1. The van der Waals surface area contributed by atoms with E-state index in [1.54, 1.807) is 24.3 Å². The second kappa shape index (κ2) is 10.1. The minimum atomic E-state index is -3.77. The van der Waals surface area contributed by atoms with E-state index >= 15 is 0 Å². The molecule has 10 heteroatoms. The van der Waals surface area contributed by atoms with Crippen LogP contribution in [0, 0.1) is 12.7 Å². The summed E-state index contributed by atoms with van der Waals surface area (Å²) in [4.78, 5) is 12.0. The lowest BCUT2D eigenvalue weighted by molar-refractivity contribution is -0.118. The summed E-state index contributed by atoms with van der Waals surface area (Å²) in [6.45, 7) is 1.68. The maximum absolute atomic E-state index is 13.4. The smallest absolute Gasteiger partial charge is 0.241 e. The zero-order valence-corrected chi connectivity index (χ0v) is 19.5. The van der Waals surface area contributed by atoms with Gasteiger partial charge in [0.25, 0.3) is 0 Å². The third-order valence-corrected chi connectivity index (χ3v) is 6.18. The molecular weight excluding hydrogens is 469 g/mol. The SMILES string of the molecule is Cc1ccc(Oc2ccc(N(C[C@H](Nc3ccc(F)c(Cl)c3)C(N)=O)S(C)(=O)=O)cc2)cc1. The number of nitrogens with zero attached hydrogens (tertiary/aromatic N) is 1. The summed E-state index contributed by atoms with van der Waals surface area (Å²) >= 11 is 5.78. The van der Waals surface area contributed by atoms with Crippen molar-refractivity contribution in [2.24, 2.45) is 5.73 Å². The molecule has 0 saturated heterocycles. The number of primary amides is 1. The van der Waals surface area contributed by atoms with Crippen LogP contribution in [-0.4, -0.2) is 33.2 Å². The maximum atomic E-state index is 13.4. The molecule has 1 amide bonds. The number of halogens is 2. The van der Waals surface area contributed by atoms with E-state index in [1.807, 2.05) is 31.2 Å². The number of benzene rings is 3. The molecule has 0 aliphatic heterocycles. The average molecular weight is 492 g/mol. The van der Waals surface area contributed by atoms with Gasteiger partial charge in [0.2, 0.25) is 15.9 Å². The van der Waals surface area contributed by atoms with Gasteiger partial charge in [0.05, 0.1) is 23.5 Å². The summed E-state index contributed by atoms with van der Waals surface area (Å²) in [5.41, 5.74) is 7.23. The zero-order valence-electron chi connectivity index (χ0n) is 18.0. The van der Waals surface area contributed by atoms with Crippen LogP contribution in [0.25, 0.3) is 0 Å². The van der Waals surface area contributed by atoms with E-state index in [9.17, 15) is 17.6 Å². The number of sulfonamides is 1. The maximum Gasteiger partial charge on any atom is 0.241 e. The molecule has 3 aromatic carbocycles. The number of nitrogens with two attached hydrogens (primary N) is 1. The molecule has 0 saturated carbocycles. The van der Waals surface area contributed by atoms with Crippen LogP contribution in [0.2, 0.25) is 5.02 Å². The van der Waals surface area contributed by atoms with Crippen LogP contribution in [0.1, 0.15) is 5.56 Å². The van der Waals surface area contributed by atoms with Gasteiger partial charge in [-0.15, -0.1) is 0 Å². The van der Waals surface area contributed by atoms with Gasteiger partial charge in [-0.3, -0.25) is 9.10 Å². The molecule has 0 radical (unpaired) electrons. The van der Waals surface area contributed by atoms with Gasteiger partial charge in [-0.25, -0.2) is 12.8 Å². The van der Waals surface area contributed by atoms with Crippen molar-refractivity contribution in [2.45, 2.75) is 13.0 Å². The summed E-state index contributed by atoms with van der Waals surface area (Å²) in [6, 6.07) is 16.6. The van der Waals surface area contributed by atoms with Crippen molar-refractivity contribution in [1.29, 1.82) is 0 Å². The Morgan fingerprint density at radius 2 is 1.67 bits per heavy atom. The Hall–Kier alpha value is -3.30. The molecule has 0 bridgehead atoms. The highest BCUT2D eigenvalue weighted by Crippen LogP contribution is 2.27. The number of carbonyl (C=O) groups is 1. The number of hydrogen-bond acceptors (Lipinski definition) is 5. The Kier molecular flexibility index (Phi) is 7.45. The van der Waals surface area contributed by atoms with Crippen molar-refractivity contribution >= 4 is 38.9 Å². The molecular formula is C23H23ClFN3O4S. The fourth-order valence-corrected chi connectivity index (χ4v) is 4.12. The molecule has 0 heterocycles. The third kappa shape index (κ3) is 6.59. The predicted octanol–water partition coefficient (Wildman–Crippen LogP) is 4.31. The van der Waals surface area contributed by atoms with E-state index in [4.69, 9.17) is 22.1 Å². The van der Waals surface area contributed by atoms with E-state index < -0.39 is 27.8 Å². The molecule has 0 unspecified atom stereocenters. The molecule has 0 aliphatic carbocycles. The zero-order chi connectivity index (χ0) is 24.2. The Morgan fingerprint density at radius 3 is 2.18 bits per heavy atom. The number of amides is 1. The van der Waals surface area contributed by atoms with Crippen molar-refractivity contribution in [1.82, 2.24) is 0 Å². The average Bonchev–Trinajstić information content (AvgIpc) is 2.75. The fourth-order valence-electron chi connectivity index (χ4n) is 3.01. The number of ether oxygens (including phenoxy) is 1. The van der Waals surface area contributed by atoms with Gasteiger partial charge >= 0.3 is 0 Å². The van der Waals surface area contributed by atoms with Crippen molar-refractivity contribution in [3.63, 3.8) is 0 Å². The fraction of sp³-hybridized carbons (Fsp3) is 0.174. The molecule has 3 N–H and O–H groups in total. The molecule has 3 rings (SSSR count). The molecule has 0 fully saturated rings. The Bertz CT molecular complexity index is 1240. The van der Waals surface area contributed by atoms with Gasteiger partial charge in [-0.1, -0.05) is 29.3 Å². The standard InChI is InChI=1S/C23H23ClFN3O4S/c1-15-3-8-18(9-4-15)32-19-10-6-17(7-11-19)28(33(2,30)31)14-22(23(26)29)27-16-5-12-21(25)20(24)13-16/h3-13,22,27H,14H2,1-2H3,(H2,26,29)/t22-/m0/s1. The summed E-state index contributed by atoms with van der Waals surface area (Å²) in [5, 5.41) is 2.66. The number of anilines is 2. The number of aryl methyl sites for hydroxylation is 1. The van der Waals surface area contributed by atoms with E-state index in [-0.39, 0.29) is 11.6 Å². The highest BCUT2D eigenvalue weighted by Gasteiger charge is 2.26. The van der Waals surface area contributed by atoms with Gasteiger partial charge in [0, 0.05) is 5.69 Å². The first-order valence-electron chi connectivity index (χ1n) is 9.86. The molecule has 0 spiro atoms. The van der Waals surface area contributed by atoms with E-state index in [0.29, 0.717) is 22.9 Å². The topological polar surface area (TPSA) is 102 Å². The normalized spacial score (nSPS) is 12.1. The van der Waals surface area contributed by atoms with Crippen molar-refractivity contribution in [3.05, 3.63) is 83.1 Å². The molecule has 3 aromatic rings. The lowest BCUT2D eigenvalue weighted by Crippen LogP contribution is -2.47. The number of hydrogen-bond donors (Lipinski definition) is 2. The molecule has 33 heavy (non-hydrogen) atoms. The predicted molar refractivity (Wildman–Crippen MR) is 128 cm³/mol. The molecule has 1 atom stereocenters. The van der Waals surface area contributed by atoms with Gasteiger partial charge < -0.3 is 15.8 Å². The summed E-state index contributed by atoms with van der Waals surface area (Å²) in [5.74, 6) is -0.252. The lowest BCUT2D eigenvalue weighted by atomic mass is 10.2. The van der Waals surface area contributed by atoms with Crippen molar-refractivity contribution in [2.75, 3.05) is 22.4 Å². The summed E-state index contributed by atoms with van der Waals surface area (Å²) in [7, 11) is -3.77. The number of nitrogens with one attached hydrogen (secondary N) is 1.